The summed E-state index contributed by atoms with van der Waals surface area (Å²) in [6.45, 7) is 3.47. The Kier molecular flexibility index (Phi) is 3.80. The van der Waals surface area contributed by atoms with Crippen molar-refractivity contribution in [1.82, 2.24) is 0 Å². The molecule has 1 atom stereocenters. The molecule has 0 saturated heterocycles. The van der Waals surface area contributed by atoms with Crippen LogP contribution in [0, 0.1) is 12.7 Å². The molecule has 112 valence electrons. The molecule has 0 aliphatic rings. The third kappa shape index (κ3) is 3.08. The number of hydrogen-bond acceptors (Lipinski definition) is 1. The topological polar surface area (TPSA) is 26.0 Å². The summed E-state index contributed by atoms with van der Waals surface area (Å²) < 4.78 is 51.8. The van der Waals surface area contributed by atoms with Crippen molar-refractivity contribution in [1.29, 1.82) is 0 Å². The van der Waals surface area contributed by atoms with Gasteiger partial charge in [0.05, 0.1) is 11.1 Å². The van der Waals surface area contributed by atoms with Crippen molar-refractivity contribution in [2.45, 2.75) is 25.6 Å². The molecule has 0 fully saturated rings. The van der Waals surface area contributed by atoms with Crippen LogP contribution >= 0.6 is 0 Å². The Morgan fingerprint density at radius 3 is 2.14 bits per heavy atom. The Morgan fingerprint density at radius 2 is 1.57 bits per heavy atom. The maximum atomic E-state index is 13.4. The highest BCUT2D eigenvalue weighted by atomic mass is 19.4. The molecule has 0 saturated carbocycles. The minimum Gasteiger partial charge on any atom is -0.318 e. The van der Waals surface area contributed by atoms with E-state index in [9.17, 15) is 17.6 Å². The zero-order chi connectivity index (χ0) is 15.8. The lowest BCUT2D eigenvalue weighted by atomic mass is 9.84. The zero-order valence-corrected chi connectivity index (χ0v) is 11.6. The maximum Gasteiger partial charge on any atom is 0.419 e. The minimum atomic E-state index is -4.75. The van der Waals surface area contributed by atoms with E-state index >= 15 is 0 Å². The van der Waals surface area contributed by atoms with E-state index < -0.39 is 23.1 Å². The molecule has 2 aromatic rings. The number of alkyl halides is 3. The van der Waals surface area contributed by atoms with Crippen molar-refractivity contribution in [3.63, 3.8) is 0 Å². The normalized spacial score (nSPS) is 14.8. The van der Waals surface area contributed by atoms with Crippen LogP contribution in [0.3, 0.4) is 0 Å². The van der Waals surface area contributed by atoms with Gasteiger partial charge in [0.1, 0.15) is 5.82 Å². The van der Waals surface area contributed by atoms with Crippen molar-refractivity contribution in [2.24, 2.45) is 5.73 Å². The zero-order valence-electron chi connectivity index (χ0n) is 11.6. The van der Waals surface area contributed by atoms with Gasteiger partial charge >= 0.3 is 6.18 Å². The van der Waals surface area contributed by atoms with Crippen LogP contribution in [0.15, 0.2) is 42.5 Å². The molecule has 0 aliphatic carbocycles. The van der Waals surface area contributed by atoms with Crippen molar-refractivity contribution < 1.29 is 17.6 Å². The number of aryl methyl sites for hydroxylation is 1. The van der Waals surface area contributed by atoms with Gasteiger partial charge in [-0.25, -0.2) is 4.39 Å². The van der Waals surface area contributed by atoms with Gasteiger partial charge in [0.15, 0.2) is 0 Å². The molecular formula is C16H15F4N. The van der Waals surface area contributed by atoms with Crippen LogP contribution in [-0.2, 0) is 11.7 Å². The van der Waals surface area contributed by atoms with Gasteiger partial charge in [-0.2, -0.15) is 13.2 Å². The molecule has 1 unspecified atom stereocenters. The Morgan fingerprint density at radius 1 is 0.952 bits per heavy atom. The third-order valence-corrected chi connectivity index (χ3v) is 3.49. The first kappa shape index (κ1) is 15.5. The van der Waals surface area contributed by atoms with Gasteiger partial charge in [0.2, 0.25) is 0 Å². The van der Waals surface area contributed by atoms with Crippen molar-refractivity contribution in [2.75, 3.05) is 0 Å². The molecule has 0 spiro atoms. The van der Waals surface area contributed by atoms with Gasteiger partial charge in [0, 0.05) is 0 Å². The average molecular weight is 297 g/mol. The molecule has 2 rings (SSSR count). The van der Waals surface area contributed by atoms with E-state index in [1.807, 2.05) is 13.0 Å². The summed E-state index contributed by atoms with van der Waals surface area (Å²) in [4.78, 5) is 0. The molecule has 0 aromatic heterocycles. The second-order valence-electron chi connectivity index (χ2n) is 5.26. The first-order valence-electron chi connectivity index (χ1n) is 6.35. The molecule has 21 heavy (non-hydrogen) atoms. The summed E-state index contributed by atoms with van der Waals surface area (Å²) in [6, 6.07) is 10.1. The molecule has 5 heteroatoms. The van der Waals surface area contributed by atoms with Crippen LogP contribution < -0.4 is 5.73 Å². The van der Waals surface area contributed by atoms with E-state index in [-0.39, 0.29) is 5.56 Å². The van der Waals surface area contributed by atoms with Crippen LogP contribution in [0.2, 0.25) is 0 Å². The Balaban J connectivity index is 2.55. The molecule has 1 nitrogen and oxygen atoms in total. The van der Waals surface area contributed by atoms with E-state index in [0.29, 0.717) is 5.56 Å². The molecule has 0 amide bonds. The summed E-state index contributed by atoms with van der Waals surface area (Å²) in [5.41, 5.74) is 5.59. The van der Waals surface area contributed by atoms with Gasteiger partial charge in [0.25, 0.3) is 0 Å². The lowest BCUT2D eigenvalue weighted by molar-refractivity contribution is -0.140. The molecule has 2 N–H and O–H groups in total. The predicted molar refractivity (Wildman–Crippen MR) is 73.2 cm³/mol. The lowest BCUT2D eigenvalue weighted by Gasteiger charge is -2.27. The van der Waals surface area contributed by atoms with E-state index in [0.717, 1.165) is 17.7 Å². The van der Waals surface area contributed by atoms with Gasteiger partial charge in [-0.15, -0.1) is 0 Å². The highest BCUT2D eigenvalue weighted by molar-refractivity contribution is 5.41. The fourth-order valence-corrected chi connectivity index (χ4v) is 2.20. The summed E-state index contributed by atoms with van der Waals surface area (Å²) in [5, 5.41) is 0. The molecule has 0 bridgehead atoms. The van der Waals surface area contributed by atoms with Crippen LogP contribution in [0.5, 0.6) is 0 Å². The number of rotatable bonds is 2. The van der Waals surface area contributed by atoms with Gasteiger partial charge in [-0.3, -0.25) is 0 Å². The molecular weight excluding hydrogens is 282 g/mol. The van der Waals surface area contributed by atoms with Crippen LogP contribution in [-0.4, -0.2) is 0 Å². The Hall–Kier alpha value is -1.88. The summed E-state index contributed by atoms with van der Waals surface area (Å²) in [6.07, 6.45) is -4.75. The summed E-state index contributed by atoms with van der Waals surface area (Å²) >= 11 is 0. The van der Waals surface area contributed by atoms with E-state index in [4.69, 9.17) is 5.73 Å². The summed E-state index contributed by atoms with van der Waals surface area (Å²) in [5.74, 6) is -1.30. The highest BCUT2D eigenvalue weighted by Gasteiger charge is 2.36. The standard InChI is InChI=1S/C16H15F4N/c1-10-4-3-5-11(8-10)15(2,21)12-6-7-14(17)13(9-12)16(18,19)20/h3-9H,21H2,1-2H3. The predicted octanol–water partition coefficient (Wildman–Crippen LogP) is 4.38. The maximum absolute atomic E-state index is 13.4. The molecule has 2 aromatic carbocycles. The van der Waals surface area contributed by atoms with Gasteiger partial charge < -0.3 is 5.73 Å². The smallest absolute Gasteiger partial charge is 0.318 e. The lowest BCUT2D eigenvalue weighted by Crippen LogP contribution is -2.34. The molecule has 0 aliphatic heterocycles. The number of hydrogen-bond donors (Lipinski definition) is 1. The molecule has 0 radical (unpaired) electrons. The minimum absolute atomic E-state index is 0.210. The van der Waals surface area contributed by atoms with E-state index in [1.165, 1.54) is 6.07 Å². The monoisotopic (exact) mass is 297 g/mol. The van der Waals surface area contributed by atoms with Gasteiger partial charge in [-0.1, -0.05) is 35.9 Å². The number of nitrogens with two attached hydrogens (primary N) is 1. The van der Waals surface area contributed by atoms with E-state index in [2.05, 4.69) is 0 Å². The van der Waals surface area contributed by atoms with Crippen LogP contribution in [0.1, 0.15) is 29.2 Å². The first-order chi connectivity index (χ1) is 9.62. The van der Waals surface area contributed by atoms with Crippen molar-refractivity contribution in [3.8, 4) is 0 Å². The fraction of sp³-hybridized carbons (Fsp3) is 0.250. The third-order valence-electron chi connectivity index (χ3n) is 3.49. The second-order valence-corrected chi connectivity index (χ2v) is 5.26. The van der Waals surface area contributed by atoms with Crippen LogP contribution in [0.4, 0.5) is 17.6 Å². The Bertz CT molecular complexity index is 660. The van der Waals surface area contributed by atoms with Gasteiger partial charge in [-0.05, 0) is 37.1 Å². The quantitative estimate of drug-likeness (QED) is 0.818. The van der Waals surface area contributed by atoms with Crippen molar-refractivity contribution >= 4 is 0 Å². The highest BCUT2D eigenvalue weighted by Crippen LogP contribution is 2.35. The number of halogens is 4. The van der Waals surface area contributed by atoms with Crippen molar-refractivity contribution in [3.05, 3.63) is 70.5 Å². The largest absolute Gasteiger partial charge is 0.419 e. The average Bonchev–Trinajstić information content (AvgIpc) is 2.37. The number of benzene rings is 2. The SMILES string of the molecule is Cc1cccc(C(C)(N)c2ccc(F)c(C(F)(F)F)c2)c1. The van der Waals surface area contributed by atoms with Crippen LogP contribution in [0.25, 0.3) is 0 Å². The second kappa shape index (κ2) is 5.15. The fourth-order valence-electron chi connectivity index (χ4n) is 2.20. The Labute approximate surface area is 120 Å². The van der Waals surface area contributed by atoms with E-state index in [1.54, 1.807) is 25.1 Å². The first-order valence-corrected chi connectivity index (χ1v) is 6.35. The molecule has 0 heterocycles. The summed E-state index contributed by atoms with van der Waals surface area (Å²) in [7, 11) is 0.